The lowest BCUT2D eigenvalue weighted by Gasteiger charge is -2.32. The van der Waals surface area contributed by atoms with Gasteiger partial charge < -0.3 is 9.64 Å². The number of likely N-dealkylation sites (tertiary alicyclic amines) is 1. The molecule has 1 atom stereocenters. The van der Waals surface area contributed by atoms with E-state index < -0.39 is 0 Å². The van der Waals surface area contributed by atoms with Crippen LogP contribution >= 0.6 is 0 Å². The number of H-pyrrole nitrogens is 1. The standard InChI is InChI=1S/C17H21N3O2/c1-22-15-6-4-13(5-7-15)11-17(21)20-10-2-3-14(12-20)16-8-9-18-19-16/h4-9,14H,2-3,10-12H2,1H3,(H,18,19)/t14-/m1/s1. The summed E-state index contributed by atoms with van der Waals surface area (Å²) in [5.41, 5.74) is 2.15. The van der Waals surface area contributed by atoms with E-state index in [0.29, 0.717) is 12.3 Å². The third kappa shape index (κ3) is 3.30. The Bertz CT molecular complexity index is 607. The van der Waals surface area contributed by atoms with Gasteiger partial charge in [-0.05, 0) is 36.6 Å². The highest BCUT2D eigenvalue weighted by molar-refractivity contribution is 5.79. The number of ether oxygens (including phenoxy) is 1. The number of aromatic nitrogens is 2. The first-order valence-corrected chi connectivity index (χ1v) is 7.66. The number of nitrogens with zero attached hydrogens (tertiary/aromatic N) is 2. The van der Waals surface area contributed by atoms with Gasteiger partial charge in [-0.2, -0.15) is 5.10 Å². The molecular formula is C17H21N3O2. The molecule has 1 fully saturated rings. The molecule has 1 aromatic carbocycles. The van der Waals surface area contributed by atoms with Crippen LogP contribution in [0, 0.1) is 0 Å². The summed E-state index contributed by atoms with van der Waals surface area (Å²) in [7, 11) is 1.64. The highest BCUT2D eigenvalue weighted by atomic mass is 16.5. The predicted octanol–water partition coefficient (Wildman–Crippen LogP) is 2.37. The molecule has 0 bridgehead atoms. The Balaban J connectivity index is 1.61. The van der Waals surface area contributed by atoms with E-state index in [2.05, 4.69) is 10.2 Å². The largest absolute Gasteiger partial charge is 0.497 e. The van der Waals surface area contributed by atoms with Crippen LogP contribution in [-0.2, 0) is 11.2 Å². The van der Waals surface area contributed by atoms with Gasteiger partial charge in [0.1, 0.15) is 5.75 Å². The van der Waals surface area contributed by atoms with Gasteiger partial charge >= 0.3 is 0 Å². The lowest BCUT2D eigenvalue weighted by atomic mass is 9.94. The summed E-state index contributed by atoms with van der Waals surface area (Å²) in [6.45, 7) is 1.62. The predicted molar refractivity (Wildman–Crippen MR) is 83.8 cm³/mol. The van der Waals surface area contributed by atoms with Gasteiger partial charge in [0.05, 0.1) is 13.5 Å². The number of piperidine rings is 1. The van der Waals surface area contributed by atoms with E-state index in [1.165, 1.54) is 0 Å². The molecule has 1 aliphatic heterocycles. The average molecular weight is 299 g/mol. The molecular weight excluding hydrogens is 278 g/mol. The van der Waals surface area contributed by atoms with E-state index in [1.807, 2.05) is 35.2 Å². The van der Waals surface area contributed by atoms with Crippen molar-refractivity contribution in [2.75, 3.05) is 20.2 Å². The summed E-state index contributed by atoms with van der Waals surface area (Å²) < 4.78 is 5.14. The van der Waals surface area contributed by atoms with Gasteiger partial charge in [-0.3, -0.25) is 9.89 Å². The van der Waals surface area contributed by atoms with Gasteiger partial charge in [-0.25, -0.2) is 0 Å². The molecule has 0 aliphatic carbocycles. The molecule has 5 heteroatoms. The lowest BCUT2D eigenvalue weighted by molar-refractivity contribution is -0.131. The van der Waals surface area contributed by atoms with Crippen LogP contribution in [-0.4, -0.2) is 41.2 Å². The monoisotopic (exact) mass is 299 g/mol. The second-order valence-corrected chi connectivity index (χ2v) is 5.72. The Morgan fingerprint density at radius 1 is 1.36 bits per heavy atom. The zero-order valence-corrected chi connectivity index (χ0v) is 12.8. The fourth-order valence-corrected chi connectivity index (χ4v) is 2.98. The molecule has 0 saturated carbocycles. The van der Waals surface area contributed by atoms with Gasteiger partial charge in [0.25, 0.3) is 0 Å². The van der Waals surface area contributed by atoms with Crippen molar-refractivity contribution in [1.29, 1.82) is 0 Å². The topological polar surface area (TPSA) is 58.2 Å². The Morgan fingerprint density at radius 2 is 2.18 bits per heavy atom. The maximum absolute atomic E-state index is 12.5. The number of rotatable bonds is 4. The molecule has 2 aromatic rings. The number of hydrogen-bond donors (Lipinski definition) is 1. The fourth-order valence-electron chi connectivity index (χ4n) is 2.98. The smallest absolute Gasteiger partial charge is 0.227 e. The van der Waals surface area contributed by atoms with Crippen LogP contribution in [0.15, 0.2) is 36.5 Å². The van der Waals surface area contributed by atoms with Crippen LogP contribution in [0.25, 0.3) is 0 Å². The molecule has 1 aliphatic rings. The van der Waals surface area contributed by atoms with Crippen molar-refractivity contribution >= 4 is 5.91 Å². The molecule has 5 nitrogen and oxygen atoms in total. The van der Waals surface area contributed by atoms with Crippen LogP contribution < -0.4 is 4.74 Å². The maximum Gasteiger partial charge on any atom is 0.227 e. The first-order chi connectivity index (χ1) is 10.8. The molecule has 22 heavy (non-hydrogen) atoms. The van der Waals surface area contributed by atoms with E-state index in [-0.39, 0.29) is 5.91 Å². The molecule has 116 valence electrons. The number of carbonyl (C=O) groups excluding carboxylic acids is 1. The summed E-state index contributed by atoms with van der Waals surface area (Å²) in [5.74, 6) is 1.37. The van der Waals surface area contributed by atoms with E-state index in [9.17, 15) is 4.79 Å². The molecule has 0 radical (unpaired) electrons. The quantitative estimate of drug-likeness (QED) is 0.943. The molecule has 1 amide bonds. The number of benzene rings is 1. The molecule has 2 heterocycles. The van der Waals surface area contributed by atoms with E-state index in [4.69, 9.17) is 4.74 Å². The first-order valence-electron chi connectivity index (χ1n) is 7.66. The Kier molecular flexibility index (Phi) is 4.42. The number of amides is 1. The van der Waals surface area contributed by atoms with Gasteiger partial charge in [0.15, 0.2) is 0 Å². The number of hydrogen-bond acceptors (Lipinski definition) is 3. The number of carbonyl (C=O) groups is 1. The second-order valence-electron chi connectivity index (χ2n) is 5.72. The Morgan fingerprint density at radius 3 is 2.86 bits per heavy atom. The summed E-state index contributed by atoms with van der Waals surface area (Å²) in [5, 5.41) is 7.04. The normalized spacial score (nSPS) is 18.2. The van der Waals surface area contributed by atoms with Crippen molar-refractivity contribution in [2.45, 2.75) is 25.2 Å². The summed E-state index contributed by atoms with van der Waals surface area (Å²) in [6, 6.07) is 9.70. The van der Waals surface area contributed by atoms with Crippen molar-refractivity contribution < 1.29 is 9.53 Å². The van der Waals surface area contributed by atoms with Gasteiger partial charge in [0.2, 0.25) is 5.91 Å². The number of aromatic amines is 1. The molecule has 1 saturated heterocycles. The summed E-state index contributed by atoms with van der Waals surface area (Å²) in [4.78, 5) is 14.5. The van der Waals surface area contributed by atoms with Crippen LogP contribution in [0.5, 0.6) is 5.75 Å². The Labute approximate surface area is 130 Å². The summed E-state index contributed by atoms with van der Waals surface area (Å²) in [6.07, 6.45) is 4.36. The maximum atomic E-state index is 12.5. The van der Waals surface area contributed by atoms with E-state index in [0.717, 1.165) is 42.9 Å². The average Bonchev–Trinajstić information content (AvgIpc) is 3.10. The molecule has 1 N–H and O–H groups in total. The third-order valence-electron chi connectivity index (χ3n) is 4.25. The van der Waals surface area contributed by atoms with Crippen molar-refractivity contribution in [1.82, 2.24) is 15.1 Å². The van der Waals surface area contributed by atoms with Gasteiger partial charge in [-0.15, -0.1) is 0 Å². The molecule has 0 spiro atoms. The summed E-state index contributed by atoms with van der Waals surface area (Å²) >= 11 is 0. The lowest BCUT2D eigenvalue weighted by Crippen LogP contribution is -2.40. The van der Waals surface area contributed by atoms with E-state index in [1.54, 1.807) is 13.3 Å². The molecule has 1 aromatic heterocycles. The first kappa shape index (κ1) is 14.6. The Hall–Kier alpha value is -2.30. The number of methoxy groups -OCH3 is 1. The zero-order valence-electron chi connectivity index (χ0n) is 12.8. The SMILES string of the molecule is COc1ccc(CC(=O)N2CCC[C@@H](c3ccn[nH]3)C2)cc1. The van der Waals surface area contributed by atoms with Crippen LogP contribution in [0.2, 0.25) is 0 Å². The minimum atomic E-state index is 0.189. The highest BCUT2D eigenvalue weighted by Crippen LogP contribution is 2.25. The van der Waals surface area contributed by atoms with Crippen molar-refractivity contribution in [3.05, 3.63) is 47.8 Å². The zero-order chi connectivity index (χ0) is 15.4. The second kappa shape index (κ2) is 6.64. The van der Waals surface area contributed by atoms with Crippen molar-refractivity contribution in [3.63, 3.8) is 0 Å². The number of nitrogens with one attached hydrogen (secondary N) is 1. The van der Waals surface area contributed by atoms with Crippen molar-refractivity contribution in [3.8, 4) is 5.75 Å². The minimum Gasteiger partial charge on any atom is -0.497 e. The van der Waals surface area contributed by atoms with Crippen molar-refractivity contribution in [2.24, 2.45) is 0 Å². The molecule has 3 rings (SSSR count). The van der Waals surface area contributed by atoms with Crippen LogP contribution in [0.4, 0.5) is 0 Å². The van der Waals surface area contributed by atoms with Crippen LogP contribution in [0.3, 0.4) is 0 Å². The van der Waals surface area contributed by atoms with Crippen LogP contribution in [0.1, 0.15) is 30.0 Å². The van der Waals surface area contributed by atoms with E-state index >= 15 is 0 Å². The third-order valence-corrected chi connectivity index (χ3v) is 4.25. The molecule has 0 unspecified atom stereocenters. The fraction of sp³-hybridized carbons (Fsp3) is 0.412. The minimum absolute atomic E-state index is 0.189. The van der Waals surface area contributed by atoms with Gasteiger partial charge in [-0.1, -0.05) is 12.1 Å². The highest BCUT2D eigenvalue weighted by Gasteiger charge is 2.25. The van der Waals surface area contributed by atoms with Gasteiger partial charge in [0, 0.05) is 30.9 Å².